The molecule has 4 rings (SSSR count). The maximum absolute atomic E-state index is 14.5. The van der Waals surface area contributed by atoms with Crippen LogP contribution in [0.5, 0.6) is 0 Å². The third kappa shape index (κ3) is 1.50. The highest BCUT2D eigenvalue weighted by atomic mass is 19.1. The van der Waals surface area contributed by atoms with Crippen molar-refractivity contribution in [2.24, 2.45) is 5.41 Å². The van der Waals surface area contributed by atoms with Gasteiger partial charge in [-0.15, -0.1) is 0 Å². The summed E-state index contributed by atoms with van der Waals surface area (Å²) in [6, 6.07) is 3.71. The summed E-state index contributed by atoms with van der Waals surface area (Å²) in [6.45, 7) is 3.99. The van der Waals surface area contributed by atoms with Crippen LogP contribution in [-0.4, -0.2) is 6.54 Å². The van der Waals surface area contributed by atoms with Gasteiger partial charge in [-0.05, 0) is 73.2 Å². The molecule has 2 fully saturated rings. The number of hydrogen-bond donors (Lipinski definition) is 1. The van der Waals surface area contributed by atoms with E-state index in [1.165, 1.54) is 43.2 Å². The van der Waals surface area contributed by atoms with Crippen LogP contribution in [0, 0.1) is 11.2 Å². The lowest BCUT2D eigenvalue weighted by atomic mass is 9.68. The molecule has 0 bridgehead atoms. The fourth-order valence-corrected chi connectivity index (χ4v) is 4.54. The summed E-state index contributed by atoms with van der Waals surface area (Å²) >= 11 is 0. The van der Waals surface area contributed by atoms with Gasteiger partial charge in [-0.3, -0.25) is 0 Å². The zero-order valence-electron chi connectivity index (χ0n) is 11.7. The smallest absolute Gasteiger partial charge is 0.127 e. The molecule has 1 N–H and O–H groups in total. The average molecular weight is 261 g/mol. The van der Waals surface area contributed by atoms with E-state index in [1.54, 1.807) is 6.07 Å². The van der Waals surface area contributed by atoms with E-state index >= 15 is 0 Å². The van der Waals surface area contributed by atoms with Crippen molar-refractivity contribution in [3.05, 3.63) is 34.6 Å². The molecule has 0 saturated heterocycles. The highest BCUT2D eigenvalue weighted by Gasteiger charge is 2.68. The fourth-order valence-electron chi connectivity index (χ4n) is 4.54. The first kappa shape index (κ1) is 11.9. The molecule has 0 amide bonds. The molecular weight excluding hydrogens is 237 g/mol. The summed E-state index contributed by atoms with van der Waals surface area (Å²) < 4.78 is 14.5. The molecule has 3 aliphatic rings. The Balaban J connectivity index is 0.00000121. The van der Waals surface area contributed by atoms with E-state index in [4.69, 9.17) is 0 Å². The molecule has 1 nitrogen and oxygen atoms in total. The van der Waals surface area contributed by atoms with Crippen LogP contribution >= 0.6 is 0 Å². The monoisotopic (exact) mass is 261 g/mol. The molecule has 3 aliphatic carbocycles. The summed E-state index contributed by atoms with van der Waals surface area (Å²) in [5.74, 6) is 0.0683. The minimum Gasteiger partial charge on any atom is -0.313 e. The molecule has 1 aromatic rings. The van der Waals surface area contributed by atoms with Crippen molar-refractivity contribution in [2.45, 2.75) is 57.4 Å². The lowest BCUT2D eigenvalue weighted by Gasteiger charge is -2.36. The third-order valence-electron chi connectivity index (χ3n) is 5.88. The Morgan fingerprint density at radius 3 is 2.63 bits per heavy atom. The van der Waals surface area contributed by atoms with E-state index in [-0.39, 0.29) is 12.7 Å². The van der Waals surface area contributed by atoms with E-state index in [0.29, 0.717) is 5.41 Å². The molecule has 1 aromatic carbocycles. The van der Waals surface area contributed by atoms with Crippen molar-refractivity contribution < 1.29 is 5.82 Å². The van der Waals surface area contributed by atoms with Gasteiger partial charge < -0.3 is 5.32 Å². The number of rotatable bonds is 3. The first-order valence-electron chi connectivity index (χ1n) is 7.74. The van der Waals surface area contributed by atoms with Gasteiger partial charge in [-0.25, -0.2) is 4.39 Å². The highest BCUT2D eigenvalue weighted by Crippen LogP contribution is 2.75. The van der Waals surface area contributed by atoms with E-state index in [1.807, 2.05) is 6.07 Å². The Morgan fingerprint density at radius 1 is 1.21 bits per heavy atom. The number of halogens is 1. The topological polar surface area (TPSA) is 12.0 Å². The average Bonchev–Trinajstić information content (AvgIpc) is 3.28. The van der Waals surface area contributed by atoms with Crippen LogP contribution < -0.4 is 5.32 Å². The summed E-state index contributed by atoms with van der Waals surface area (Å²) in [4.78, 5) is 0. The Hall–Kier alpha value is -0.890. The second-order valence-corrected chi connectivity index (χ2v) is 6.70. The van der Waals surface area contributed by atoms with Crippen LogP contribution in [0.2, 0.25) is 0 Å². The predicted octanol–water partition coefficient (Wildman–Crippen LogP) is 3.94. The third-order valence-corrected chi connectivity index (χ3v) is 5.88. The fraction of sp³-hybridized carbons (Fsp3) is 0.647. The Bertz CT molecular complexity index is 532. The van der Waals surface area contributed by atoms with Gasteiger partial charge >= 0.3 is 0 Å². The van der Waals surface area contributed by atoms with Gasteiger partial charge in [0.1, 0.15) is 5.82 Å². The van der Waals surface area contributed by atoms with Crippen LogP contribution in [0.15, 0.2) is 12.1 Å². The zero-order chi connectivity index (χ0) is 13.1. The van der Waals surface area contributed by atoms with Crippen molar-refractivity contribution in [2.75, 3.05) is 6.54 Å². The summed E-state index contributed by atoms with van der Waals surface area (Å²) in [7, 11) is 0. The molecule has 0 radical (unpaired) electrons. The van der Waals surface area contributed by atoms with E-state index < -0.39 is 0 Å². The van der Waals surface area contributed by atoms with E-state index in [9.17, 15) is 4.39 Å². The highest BCUT2D eigenvalue weighted by molar-refractivity contribution is 5.50. The molecule has 2 heteroatoms. The van der Waals surface area contributed by atoms with Crippen molar-refractivity contribution in [3.63, 3.8) is 0 Å². The minimum atomic E-state index is 0. The second kappa shape index (κ2) is 3.82. The minimum absolute atomic E-state index is 0. The van der Waals surface area contributed by atoms with Crippen LogP contribution in [0.1, 0.15) is 57.1 Å². The Labute approximate surface area is 116 Å². The number of benzene rings is 1. The SMILES string of the molecule is CCNCc1ccc(F)c2c1CCC1(CC1)C21CC1.[HH]. The van der Waals surface area contributed by atoms with Gasteiger partial charge in [0.2, 0.25) is 0 Å². The molecule has 19 heavy (non-hydrogen) atoms. The van der Waals surface area contributed by atoms with Crippen LogP contribution in [-0.2, 0) is 18.4 Å². The quantitative estimate of drug-likeness (QED) is 0.869. The van der Waals surface area contributed by atoms with Crippen molar-refractivity contribution >= 4 is 0 Å². The number of fused-ring (bicyclic) bond motifs is 3. The molecule has 2 saturated carbocycles. The van der Waals surface area contributed by atoms with Gasteiger partial charge in [-0.2, -0.15) is 0 Å². The molecule has 0 aliphatic heterocycles. The van der Waals surface area contributed by atoms with Crippen molar-refractivity contribution in [1.82, 2.24) is 5.32 Å². The molecular formula is C17H24FN. The first-order chi connectivity index (χ1) is 9.22. The standard InChI is InChI=1S/C17H22FN.H2/c1-2-19-11-12-3-4-14(18)15-13(12)5-6-16(7-8-16)17(15)9-10-17;/h3-4,19H,2,5-11H2,1H3;1H. The molecule has 2 spiro atoms. The number of hydrogen-bond acceptors (Lipinski definition) is 1. The van der Waals surface area contributed by atoms with Gasteiger partial charge in [0, 0.05) is 13.4 Å². The summed E-state index contributed by atoms with van der Waals surface area (Å²) in [5, 5.41) is 3.40. The van der Waals surface area contributed by atoms with E-state index in [2.05, 4.69) is 12.2 Å². The maximum Gasteiger partial charge on any atom is 0.127 e. The normalized spacial score (nSPS) is 24.5. The van der Waals surface area contributed by atoms with Crippen molar-refractivity contribution in [1.29, 1.82) is 0 Å². The molecule has 0 unspecified atom stereocenters. The molecule has 0 atom stereocenters. The molecule has 0 aromatic heterocycles. The Kier molecular flexibility index (Phi) is 2.39. The van der Waals surface area contributed by atoms with Crippen molar-refractivity contribution in [3.8, 4) is 0 Å². The zero-order valence-corrected chi connectivity index (χ0v) is 11.7. The van der Waals surface area contributed by atoms with Crippen LogP contribution in [0.3, 0.4) is 0 Å². The van der Waals surface area contributed by atoms with Gasteiger partial charge in [-0.1, -0.05) is 13.0 Å². The molecule has 104 valence electrons. The van der Waals surface area contributed by atoms with Crippen LogP contribution in [0.25, 0.3) is 0 Å². The van der Waals surface area contributed by atoms with E-state index in [0.717, 1.165) is 25.1 Å². The Morgan fingerprint density at radius 2 is 2.00 bits per heavy atom. The lowest BCUT2D eigenvalue weighted by molar-refractivity contribution is 0.314. The maximum atomic E-state index is 14.5. The van der Waals surface area contributed by atoms with Gasteiger partial charge in [0.15, 0.2) is 0 Å². The summed E-state index contributed by atoms with van der Waals surface area (Å²) in [5.41, 5.74) is 4.53. The second-order valence-electron chi connectivity index (χ2n) is 6.70. The van der Waals surface area contributed by atoms with Crippen LogP contribution in [0.4, 0.5) is 4.39 Å². The number of nitrogens with one attached hydrogen (secondary N) is 1. The van der Waals surface area contributed by atoms with Gasteiger partial charge in [0.05, 0.1) is 0 Å². The lowest BCUT2D eigenvalue weighted by Crippen LogP contribution is -2.31. The first-order valence-corrected chi connectivity index (χ1v) is 7.74. The van der Waals surface area contributed by atoms with Gasteiger partial charge in [0.25, 0.3) is 0 Å². The summed E-state index contributed by atoms with van der Waals surface area (Å²) in [6.07, 6.45) is 7.51. The largest absolute Gasteiger partial charge is 0.313 e. The predicted molar refractivity (Wildman–Crippen MR) is 76.8 cm³/mol. The molecule has 0 heterocycles.